The summed E-state index contributed by atoms with van der Waals surface area (Å²) in [5, 5.41) is 19.3. The Morgan fingerprint density at radius 3 is 2.83 bits per heavy atom. The molecule has 0 unspecified atom stereocenters. The summed E-state index contributed by atoms with van der Waals surface area (Å²) in [7, 11) is 0. The molecule has 8 heteroatoms. The van der Waals surface area contributed by atoms with Crippen LogP contribution >= 0.6 is 0 Å². The van der Waals surface area contributed by atoms with Gasteiger partial charge in [-0.15, -0.1) is 0 Å². The third-order valence-electron chi connectivity index (χ3n) is 3.38. The van der Waals surface area contributed by atoms with Crippen molar-refractivity contribution in [1.82, 2.24) is 9.55 Å². The van der Waals surface area contributed by atoms with E-state index in [1.165, 1.54) is 6.20 Å². The highest BCUT2D eigenvalue weighted by atomic mass is 16.7. The second kappa shape index (κ2) is 3.75. The molecular formula is C10H12N2O6. The van der Waals surface area contributed by atoms with E-state index in [0.29, 0.717) is 0 Å². The molecule has 0 amide bonds. The van der Waals surface area contributed by atoms with Crippen LogP contribution in [0.3, 0.4) is 0 Å². The molecule has 0 aromatic carbocycles. The molecule has 4 atom stereocenters. The zero-order valence-electron chi connectivity index (χ0n) is 9.28. The smallest absolute Gasteiger partial charge is 0.330 e. The largest absolute Gasteiger partial charge is 0.393 e. The maximum absolute atomic E-state index is 11.6. The summed E-state index contributed by atoms with van der Waals surface area (Å²) in [5.41, 5.74) is -2.17. The van der Waals surface area contributed by atoms with Crippen molar-refractivity contribution < 1.29 is 19.7 Å². The van der Waals surface area contributed by atoms with E-state index in [9.17, 15) is 19.8 Å². The van der Waals surface area contributed by atoms with Crippen molar-refractivity contribution in [3.63, 3.8) is 0 Å². The molecule has 0 saturated carbocycles. The standard InChI is InChI=1S/C10H12N2O6/c13-3-10-4-17-7(10)6(15)8(18-10)12-2-1-5(14)11-9(12)16/h1-2,6-8,13,15H,3-4H2,(H,11,14,16)/t6-,7+,8-,10+/m1/s1. The van der Waals surface area contributed by atoms with E-state index in [-0.39, 0.29) is 13.2 Å². The van der Waals surface area contributed by atoms with Crippen LogP contribution in [-0.4, -0.2) is 50.8 Å². The molecule has 0 radical (unpaired) electrons. The van der Waals surface area contributed by atoms with Crippen LogP contribution in [0.25, 0.3) is 0 Å². The van der Waals surface area contributed by atoms with Gasteiger partial charge in [0.2, 0.25) is 0 Å². The van der Waals surface area contributed by atoms with Crippen LogP contribution in [0.4, 0.5) is 0 Å². The number of aromatic amines is 1. The average molecular weight is 256 g/mol. The number of fused-ring (bicyclic) bond motifs is 1. The van der Waals surface area contributed by atoms with Gasteiger partial charge in [-0.2, -0.15) is 0 Å². The van der Waals surface area contributed by atoms with Crippen molar-refractivity contribution in [1.29, 1.82) is 0 Å². The van der Waals surface area contributed by atoms with Crippen LogP contribution < -0.4 is 11.2 Å². The first-order chi connectivity index (χ1) is 8.57. The van der Waals surface area contributed by atoms with Crippen LogP contribution in [0.5, 0.6) is 0 Å². The first kappa shape index (κ1) is 11.6. The lowest BCUT2D eigenvalue weighted by atomic mass is 9.91. The molecule has 2 aliphatic rings. The molecule has 1 aromatic heterocycles. The minimum Gasteiger partial charge on any atom is -0.393 e. The Morgan fingerprint density at radius 1 is 1.56 bits per heavy atom. The van der Waals surface area contributed by atoms with Gasteiger partial charge in [-0.3, -0.25) is 14.3 Å². The Morgan fingerprint density at radius 2 is 2.33 bits per heavy atom. The summed E-state index contributed by atoms with van der Waals surface area (Å²) in [4.78, 5) is 24.6. The molecule has 18 heavy (non-hydrogen) atoms. The van der Waals surface area contributed by atoms with E-state index in [1.807, 2.05) is 0 Å². The lowest BCUT2D eigenvalue weighted by Crippen LogP contribution is -2.61. The van der Waals surface area contributed by atoms with Gasteiger partial charge in [-0.1, -0.05) is 0 Å². The number of aromatic nitrogens is 2. The van der Waals surface area contributed by atoms with Crippen molar-refractivity contribution in [3.8, 4) is 0 Å². The van der Waals surface area contributed by atoms with Gasteiger partial charge >= 0.3 is 5.69 Å². The maximum Gasteiger partial charge on any atom is 0.330 e. The van der Waals surface area contributed by atoms with E-state index >= 15 is 0 Å². The zero-order chi connectivity index (χ0) is 12.9. The van der Waals surface area contributed by atoms with E-state index < -0.39 is 35.3 Å². The number of nitrogens with zero attached hydrogens (tertiary/aromatic N) is 1. The van der Waals surface area contributed by atoms with Crippen LogP contribution in [0.2, 0.25) is 0 Å². The third-order valence-corrected chi connectivity index (χ3v) is 3.38. The predicted octanol–water partition coefficient (Wildman–Crippen LogP) is -2.44. The molecule has 3 rings (SSSR count). The minimum atomic E-state index is -1.07. The molecule has 2 aliphatic heterocycles. The Balaban J connectivity index is 1.99. The van der Waals surface area contributed by atoms with Gasteiger partial charge in [0.15, 0.2) is 6.23 Å². The van der Waals surface area contributed by atoms with E-state index in [1.54, 1.807) is 0 Å². The molecular weight excluding hydrogens is 244 g/mol. The molecule has 0 bridgehead atoms. The summed E-state index contributed by atoms with van der Waals surface area (Å²) in [6, 6.07) is 1.16. The van der Waals surface area contributed by atoms with Gasteiger partial charge in [-0.05, 0) is 0 Å². The summed E-state index contributed by atoms with van der Waals surface area (Å²) in [6.07, 6.45) is -1.47. The number of aliphatic hydroxyl groups is 2. The monoisotopic (exact) mass is 256 g/mol. The second-order valence-electron chi connectivity index (χ2n) is 4.47. The maximum atomic E-state index is 11.6. The fraction of sp³-hybridized carbons (Fsp3) is 0.600. The van der Waals surface area contributed by atoms with Crippen LogP contribution in [0.1, 0.15) is 6.23 Å². The Kier molecular flexibility index (Phi) is 2.42. The van der Waals surface area contributed by atoms with Crippen molar-refractivity contribution >= 4 is 0 Å². The van der Waals surface area contributed by atoms with Crippen molar-refractivity contribution in [3.05, 3.63) is 33.1 Å². The fourth-order valence-corrected chi connectivity index (χ4v) is 2.36. The van der Waals surface area contributed by atoms with Crippen molar-refractivity contribution in [2.45, 2.75) is 24.0 Å². The minimum absolute atomic E-state index is 0.166. The predicted molar refractivity (Wildman–Crippen MR) is 57.0 cm³/mol. The van der Waals surface area contributed by atoms with Crippen molar-refractivity contribution in [2.75, 3.05) is 13.2 Å². The molecule has 3 heterocycles. The number of ether oxygens (including phenoxy) is 2. The molecule has 3 N–H and O–H groups in total. The van der Waals surface area contributed by atoms with Gasteiger partial charge in [0.25, 0.3) is 5.56 Å². The van der Waals surface area contributed by atoms with Crippen LogP contribution in [0, 0.1) is 0 Å². The van der Waals surface area contributed by atoms with Crippen LogP contribution in [0.15, 0.2) is 21.9 Å². The molecule has 2 saturated heterocycles. The summed E-state index contributed by atoms with van der Waals surface area (Å²) >= 11 is 0. The Hall–Kier alpha value is -1.48. The molecule has 1 aromatic rings. The van der Waals surface area contributed by atoms with Gasteiger partial charge in [0.1, 0.15) is 17.8 Å². The van der Waals surface area contributed by atoms with Gasteiger partial charge in [-0.25, -0.2) is 4.79 Å². The highest BCUT2D eigenvalue weighted by molar-refractivity contribution is 5.08. The van der Waals surface area contributed by atoms with Gasteiger partial charge in [0, 0.05) is 12.3 Å². The number of rotatable bonds is 2. The number of hydrogen-bond donors (Lipinski definition) is 3. The van der Waals surface area contributed by atoms with E-state index in [4.69, 9.17) is 9.47 Å². The third kappa shape index (κ3) is 1.40. The first-order valence-electron chi connectivity index (χ1n) is 5.47. The molecule has 98 valence electrons. The molecule has 0 spiro atoms. The fourth-order valence-electron chi connectivity index (χ4n) is 2.36. The van der Waals surface area contributed by atoms with Crippen LogP contribution in [-0.2, 0) is 9.47 Å². The molecule has 2 fully saturated rings. The molecule has 0 aliphatic carbocycles. The highest BCUT2D eigenvalue weighted by Gasteiger charge is 2.62. The number of hydrogen-bond acceptors (Lipinski definition) is 6. The number of H-pyrrole nitrogens is 1. The Bertz CT molecular complexity index is 576. The van der Waals surface area contributed by atoms with E-state index in [2.05, 4.69) is 4.98 Å². The topological polar surface area (TPSA) is 114 Å². The SMILES string of the molecule is O=c1ccn([C@@H]2O[C@@]3(CO)CO[C@H]3[C@H]2O)c(=O)[nH]1. The second-order valence-corrected chi connectivity index (χ2v) is 4.47. The lowest BCUT2D eigenvalue weighted by Gasteiger charge is -2.41. The zero-order valence-corrected chi connectivity index (χ0v) is 9.28. The van der Waals surface area contributed by atoms with Gasteiger partial charge in [0.05, 0.1) is 13.2 Å². The highest BCUT2D eigenvalue weighted by Crippen LogP contribution is 2.44. The Labute approximate surface area is 100 Å². The first-order valence-corrected chi connectivity index (χ1v) is 5.47. The quantitative estimate of drug-likeness (QED) is 0.541. The summed E-state index contributed by atoms with van der Waals surface area (Å²) in [5.74, 6) is 0. The lowest BCUT2D eigenvalue weighted by molar-refractivity contribution is -0.246. The summed E-state index contributed by atoms with van der Waals surface area (Å²) in [6.45, 7) is -0.136. The number of nitrogens with one attached hydrogen (secondary N) is 1. The van der Waals surface area contributed by atoms with Crippen molar-refractivity contribution in [2.24, 2.45) is 0 Å². The molecule has 8 nitrogen and oxygen atoms in total. The average Bonchev–Trinajstić information content (AvgIpc) is 2.48. The normalized spacial score (nSPS) is 38.2. The summed E-state index contributed by atoms with van der Waals surface area (Å²) < 4.78 is 11.8. The number of aliphatic hydroxyl groups excluding tert-OH is 2. The van der Waals surface area contributed by atoms with E-state index in [0.717, 1.165) is 10.6 Å². The van der Waals surface area contributed by atoms with Gasteiger partial charge < -0.3 is 19.7 Å².